The van der Waals surface area contributed by atoms with Crippen LogP contribution < -0.4 is 11.1 Å². The Kier molecular flexibility index (Phi) is 5.72. The number of rotatable bonds is 5. The van der Waals surface area contributed by atoms with Crippen LogP contribution in [0, 0.1) is 11.8 Å². The van der Waals surface area contributed by atoms with Gasteiger partial charge < -0.3 is 11.1 Å². The number of piperidine rings is 1. The molecule has 0 aliphatic carbocycles. The van der Waals surface area contributed by atoms with Crippen LogP contribution in [0.2, 0.25) is 0 Å². The Morgan fingerprint density at radius 3 is 3.05 bits per heavy atom. The Labute approximate surface area is 130 Å². The van der Waals surface area contributed by atoms with Crippen LogP contribution in [0.3, 0.4) is 0 Å². The fourth-order valence-electron chi connectivity index (χ4n) is 2.59. The Balaban J connectivity index is 1.88. The molecule has 1 fully saturated rings. The molecule has 1 aromatic heterocycles. The van der Waals surface area contributed by atoms with Crippen LogP contribution >= 0.6 is 11.3 Å². The number of anilines is 1. The van der Waals surface area contributed by atoms with Crippen molar-refractivity contribution in [1.29, 1.82) is 0 Å². The molecule has 6 heteroatoms. The number of nitrogens with one attached hydrogen (secondary N) is 1. The number of hydrogen-bond acceptors (Lipinski definition) is 5. The third-order valence-electron chi connectivity index (χ3n) is 3.93. The Hall–Kier alpha value is -0.980. The fourth-order valence-corrected chi connectivity index (χ4v) is 3.29. The highest BCUT2D eigenvalue weighted by Crippen LogP contribution is 2.21. The second-order valence-corrected chi connectivity index (χ2v) is 7.24. The van der Waals surface area contributed by atoms with Gasteiger partial charge in [-0.15, -0.1) is 11.3 Å². The first kappa shape index (κ1) is 16.4. The van der Waals surface area contributed by atoms with Gasteiger partial charge in [0.25, 0.3) is 0 Å². The summed E-state index contributed by atoms with van der Waals surface area (Å²) in [5, 5.41) is 5.49. The molecule has 5 nitrogen and oxygen atoms in total. The average Bonchev–Trinajstić information content (AvgIpc) is 2.84. The van der Waals surface area contributed by atoms with Gasteiger partial charge in [-0.2, -0.15) is 0 Å². The van der Waals surface area contributed by atoms with Crippen molar-refractivity contribution in [3.05, 3.63) is 11.1 Å². The number of carbonyl (C=O) groups excluding carboxylic acids is 1. The first-order valence-corrected chi connectivity index (χ1v) is 8.57. The summed E-state index contributed by atoms with van der Waals surface area (Å²) in [6, 6.07) is -0.486. The van der Waals surface area contributed by atoms with E-state index >= 15 is 0 Å². The number of thiazole rings is 1. The summed E-state index contributed by atoms with van der Waals surface area (Å²) in [6.45, 7) is 9.32. The van der Waals surface area contributed by atoms with Crippen LogP contribution in [0.1, 0.15) is 39.3 Å². The normalized spacial score (nSPS) is 21.5. The minimum Gasteiger partial charge on any atom is -0.320 e. The Bertz CT molecular complexity index is 474. The van der Waals surface area contributed by atoms with Crippen molar-refractivity contribution in [3.63, 3.8) is 0 Å². The quantitative estimate of drug-likeness (QED) is 0.875. The third kappa shape index (κ3) is 4.76. The molecule has 1 amide bonds. The van der Waals surface area contributed by atoms with Crippen molar-refractivity contribution in [2.24, 2.45) is 17.6 Å². The summed E-state index contributed by atoms with van der Waals surface area (Å²) in [7, 11) is 0. The molecular formula is C15H26N4OS. The fraction of sp³-hybridized carbons (Fsp3) is 0.733. The number of nitrogens with zero attached hydrogens (tertiary/aromatic N) is 2. The largest absolute Gasteiger partial charge is 0.320 e. The van der Waals surface area contributed by atoms with E-state index in [1.54, 1.807) is 0 Å². The third-order valence-corrected chi connectivity index (χ3v) is 4.74. The summed E-state index contributed by atoms with van der Waals surface area (Å²) >= 11 is 1.47. The standard InChI is InChI=1S/C15H26N4OS/c1-10(2)13(16)14(20)18-15-17-12(9-21-15)8-19-6-4-5-11(3)7-19/h9-11,13H,4-8,16H2,1-3H3,(H,17,18,20). The van der Waals surface area contributed by atoms with E-state index in [2.05, 4.69) is 22.1 Å². The summed E-state index contributed by atoms with van der Waals surface area (Å²) in [6.07, 6.45) is 2.58. The number of amides is 1. The highest BCUT2D eigenvalue weighted by atomic mass is 32.1. The van der Waals surface area contributed by atoms with Gasteiger partial charge in [-0.25, -0.2) is 4.98 Å². The van der Waals surface area contributed by atoms with Crippen molar-refractivity contribution in [2.75, 3.05) is 18.4 Å². The zero-order valence-electron chi connectivity index (χ0n) is 13.1. The molecule has 1 aliphatic rings. The molecule has 1 aromatic rings. The van der Waals surface area contributed by atoms with Crippen LogP contribution in [0.5, 0.6) is 0 Å². The molecule has 2 atom stereocenters. The van der Waals surface area contributed by atoms with E-state index in [9.17, 15) is 4.79 Å². The molecule has 2 rings (SSSR count). The van der Waals surface area contributed by atoms with Crippen LogP contribution in [0.25, 0.3) is 0 Å². The maximum atomic E-state index is 11.9. The van der Waals surface area contributed by atoms with E-state index in [0.29, 0.717) is 5.13 Å². The van der Waals surface area contributed by atoms with Crippen LogP contribution in [-0.2, 0) is 11.3 Å². The molecule has 3 N–H and O–H groups in total. The van der Waals surface area contributed by atoms with Gasteiger partial charge in [0.15, 0.2) is 5.13 Å². The van der Waals surface area contributed by atoms with Gasteiger partial charge in [0.2, 0.25) is 5.91 Å². The number of nitrogens with two attached hydrogens (primary N) is 1. The lowest BCUT2D eigenvalue weighted by Gasteiger charge is -2.30. The lowest BCUT2D eigenvalue weighted by atomic mass is 10.0. The molecule has 0 radical (unpaired) electrons. The second kappa shape index (κ2) is 7.33. The molecule has 0 bridgehead atoms. The lowest BCUT2D eigenvalue weighted by Crippen LogP contribution is -2.39. The molecule has 2 heterocycles. The Morgan fingerprint density at radius 1 is 1.62 bits per heavy atom. The van der Waals surface area contributed by atoms with Crippen molar-refractivity contribution in [2.45, 2.75) is 46.2 Å². The number of hydrogen-bond donors (Lipinski definition) is 2. The monoisotopic (exact) mass is 310 g/mol. The van der Waals surface area contributed by atoms with E-state index in [1.165, 1.54) is 24.2 Å². The molecule has 1 saturated heterocycles. The maximum absolute atomic E-state index is 11.9. The highest BCUT2D eigenvalue weighted by Gasteiger charge is 2.20. The second-order valence-electron chi connectivity index (χ2n) is 6.39. The first-order valence-electron chi connectivity index (χ1n) is 7.69. The minimum atomic E-state index is -0.486. The van der Waals surface area contributed by atoms with E-state index in [-0.39, 0.29) is 11.8 Å². The van der Waals surface area contributed by atoms with E-state index in [4.69, 9.17) is 5.73 Å². The highest BCUT2D eigenvalue weighted by molar-refractivity contribution is 7.13. The number of carbonyl (C=O) groups is 1. The van der Waals surface area contributed by atoms with Crippen molar-refractivity contribution < 1.29 is 4.79 Å². The van der Waals surface area contributed by atoms with Crippen LogP contribution in [0.4, 0.5) is 5.13 Å². The Morgan fingerprint density at radius 2 is 2.38 bits per heavy atom. The first-order chi connectivity index (χ1) is 9.95. The van der Waals surface area contributed by atoms with Crippen molar-refractivity contribution in [1.82, 2.24) is 9.88 Å². The summed E-state index contributed by atoms with van der Waals surface area (Å²) < 4.78 is 0. The molecule has 0 spiro atoms. The van der Waals surface area contributed by atoms with Gasteiger partial charge in [-0.05, 0) is 31.2 Å². The smallest absolute Gasteiger partial charge is 0.243 e. The zero-order chi connectivity index (χ0) is 15.4. The van der Waals surface area contributed by atoms with E-state index in [0.717, 1.165) is 31.2 Å². The van der Waals surface area contributed by atoms with Crippen LogP contribution in [0.15, 0.2) is 5.38 Å². The zero-order valence-corrected chi connectivity index (χ0v) is 13.9. The summed E-state index contributed by atoms with van der Waals surface area (Å²) in [5.41, 5.74) is 6.87. The molecular weight excluding hydrogens is 284 g/mol. The lowest BCUT2D eigenvalue weighted by molar-refractivity contribution is -0.118. The van der Waals surface area contributed by atoms with Gasteiger partial charge >= 0.3 is 0 Å². The molecule has 1 aliphatic heterocycles. The number of aromatic nitrogens is 1. The van der Waals surface area contributed by atoms with Crippen molar-refractivity contribution in [3.8, 4) is 0 Å². The number of likely N-dealkylation sites (tertiary alicyclic amines) is 1. The summed E-state index contributed by atoms with van der Waals surface area (Å²) in [4.78, 5) is 18.9. The molecule has 2 unspecified atom stereocenters. The van der Waals surface area contributed by atoms with Gasteiger partial charge in [-0.3, -0.25) is 9.69 Å². The van der Waals surface area contributed by atoms with Gasteiger partial charge in [0.05, 0.1) is 11.7 Å². The van der Waals surface area contributed by atoms with Gasteiger partial charge in [-0.1, -0.05) is 20.8 Å². The van der Waals surface area contributed by atoms with Gasteiger partial charge in [0, 0.05) is 18.5 Å². The topological polar surface area (TPSA) is 71.2 Å². The molecule has 21 heavy (non-hydrogen) atoms. The average molecular weight is 310 g/mol. The van der Waals surface area contributed by atoms with Crippen LogP contribution in [-0.4, -0.2) is 34.9 Å². The predicted octanol–water partition coefficient (Wildman–Crippen LogP) is 2.30. The predicted molar refractivity (Wildman–Crippen MR) is 87.2 cm³/mol. The molecule has 0 saturated carbocycles. The maximum Gasteiger partial charge on any atom is 0.243 e. The van der Waals surface area contributed by atoms with Gasteiger partial charge in [0.1, 0.15) is 0 Å². The van der Waals surface area contributed by atoms with Crippen molar-refractivity contribution >= 4 is 22.4 Å². The molecule has 0 aromatic carbocycles. The minimum absolute atomic E-state index is 0.124. The SMILES string of the molecule is CC1CCCN(Cc2csc(NC(=O)C(N)C(C)C)n2)C1. The van der Waals surface area contributed by atoms with E-state index in [1.807, 2.05) is 19.2 Å². The van der Waals surface area contributed by atoms with E-state index < -0.39 is 6.04 Å². The molecule has 118 valence electrons. The summed E-state index contributed by atoms with van der Waals surface area (Å²) in [5.74, 6) is 0.734.